The molecular formula is C29H34N6O2. The minimum absolute atomic E-state index is 0.124. The van der Waals surface area contributed by atoms with E-state index in [4.69, 9.17) is 14.8 Å². The molecule has 0 aliphatic carbocycles. The number of aliphatic imine (C=N–C) groups is 1. The third-order valence-electron chi connectivity index (χ3n) is 6.72. The van der Waals surface area contributed by atoms with Crippen molar-refractivity contribution in [2.24, 2.45) is 10.9 Å². The maximum Gasteiger partial charge on any atom is 0.407 e. The van der Waals surface area contributed by atoms with Crippen molar-refractivity contribution in [2.45, 2.75) is 26.4 Å². The van der Waals surface area contributed by atoms with Crippen LogP contribution in [-0.4, -0.2) is 72.4 Å². The van der Waals surface area contributed by atoms with E-state index in [1.54, 1.807) is 0 Å². The first-order valence-corrected chi connectivity index (χ1v) is 13.0. The fraction of sp³-hybridized carbons (Fsp3) is 0.379. The molecule has 0 bridgehead atoms. The highest BCUT2D eigenvalue weighted by Gasteiger charge is 2.24. The summed E-state index contributed by atoms with van der Waals surface area (Å²) in [6.07, 6.45) is 4.48. The number of anilines is 1. The van der Waals surface area contributed by atoms with Crippen molar-refractivity contribution in [3.63, 3.8) is 0 Å². The Kier molecular flexibility index (Phi) is 7.63. The van der Waals surface area contributed by atoms with Crippen molar-refractivity contribution in [1.29, 1.82) is 0 Å². The molecule has 0 spiro atoms. The van der Waals surface area contributed by atoms with Crippen LogP contribution in [0, 0.1) is 5.92 Å². The van der Waals surface area contributed by atoms with Gasteiger partial charge < -0.3 is 19.9 Å². The van der Waals surface area contributed by atoms with Crippen LogP contribution in [0.1, 0.15) is 25.1 Å². The average Bonchev–Trinajstić information content (AvgIpc) is 2.93. The number of alkyl carbamates (subject to hydrolysis) is 1. The fourth-order valence-electron chi connectivity index (χ4n) is 4.80. The van der Waals surface area contributed by atoms with Gasteiger partial charge in [-0.15, -0.1) is 5.10 Å². The van der Waals surface area contributed by atoms with Crippen molar-refractivity contribution in [3.8, 4) is 0 Å². The van der Waals surface area contributed by atoms with E-state index in [2.05, 4.69) is 80.9 Å². The van der Waals surface area contributed by atoms with Crippen LogP contribution in [0.2, 0.25) is 0 Å². The summed E-state index contributed by atoms with van der Waals surface area (Å²) in [5.41, 5.74) is 2.24. The molecule has 1 aromatic heterocycles. The van der Waals surface area contributed by atoms with Gasteiger partial charge in [0.05, 0.1) is 11.8 Å². The number of hydrogen-bond donors (Lipinski definition) is 1. The van der Waals surface area contributed by atoms with Gasteiger partial charge in [-0.05, 0) is 25.5 Å². The summed E-state index contributed by atoms with van der Waals surface area (Å²) >= 11 is 0. The number of aromatic nitrogens is 2. The molecule has 5 rings (SSSR count). The minimum Gasteiger partial charge on any atom is -0.447 e. The second kappa shape index (κ2) is 11.4. The topological polar surface area (TPSA) is 83.0 Å². The Morgan fingerprint density at radius 3 is 2.38 bits per heavy atom. The highest BCUT2D eigenvalue weighted by Crippen LogP contribution is 2.28. The number of hydrogen-bond acceptors (Lipinski definition) is 7. The lowest BCUT2D eigenvalue weighted by Gasteiger charge is -2.37. The second-order valence-electron chi connectivity index (χ2n) is 9.81. The molecular weight excluding hydrogens is 464 g/mol. The summed E-state index contributed by atoms with van der Waals surface area (Å²) in [5.74, 6) is 2.14. The third-order valence-corrected chi connectivity index (χ3v) is 6.72. The summed E-state index contributed by atoms with van der Waals surface area (Å²) < 4.78 is 5.13. The Bertz CT molecular complexity index is 1280. The molecule has 1 saturated heterocycles. The lowest BCUT2D eigenvalue weighted by Crippen LogP contribution is -2.49. The van der Waals surface area contributed by atoms with Gasteiger partial charge in [-0.3, -0.25) is 4.99 Å². The van der Waals surface area contributed by atoms with Gasteiger partial charge in [-0.1, -0.05) is 60.7 Å². The second-order valence-corrected chi connectivity index (χ2v) is 9.81. The number of benzene rings is 2. The number of nitrogens with one attached hydrogen (secondary N) is 1. The standard InChI is InChI=1S/C29H34N6O2/c1-21(2)37-29(36)31-20-23-12-13-27(30-19-23)34-14-16-35(17-15-34)28-25-11-7-6-10-24(25)26(32-33-28)18-22-8-4-3-5-9-22/h3-13,21,23H,14-20H2,1-2H3,(H,31,36). The van der Waals surface area contributed by atoms with Gasteiger partial charge in [0.1, 0.15) is 5.84 Å². The van der Waals surface area contributed by atoms with Crippen molar-refractivity contribution >= 4 is 28.5 Å². The maximum absolute atomic E-state index is 11.7. The number of amides is 1. The molecule has 3 aromatic rings. The smallest absolute Gasteiger partial charge is 0.407 e. The molecule has 1 N–H and O–H groups in total. The van der Waals surface area contributed by atoms with Crippen molar-refractivity contribution in [3.05, 3.63) is 78.0 Å². The molecule has 1 unspecified atom stereocenters. The minimum atomic E-state index is -0.377. The summed E-state index contributed by atoms with van der Waals surface area (Å²) in [7, 11) is 0. The number of piperazine rings is 1. The van der Waals surface area contributed by atoms with Crippen LogP contribution in [0.25, 0.3) is 10.8 Å². The van der Waals surface area contributed by atoms with Gasteiger partial charge >= 0.3 is 6.09 Å². The van der Waals surface area contributed by atoms with Gasteiger partial charge in [0.25, 0.3) is 0 Å². The van der Waals surface area contributed by atoms with Crippen LogP contribution in [0.15, 0.2) is 71.7 Å². The molecule has 37 heavy (non-hydrogen) atoms. The van der Waals surface area contributed by atoms with Crippen LogP contribution >= 0.6 is 0 Å². The van der Waals surface area contributed by atoms with Crippen molar-refractivity contribution < 1.29 is 9.53 Å². The van der Waals surface area contributed by atoms with Crippen LogP contribution in [0.5, 0.6) is 0 Å². The molecule has 0 saturated carbocycles. The van der Waals surface area contributed by atoms with Gasteiger partial charge in [-0.25, -0.2) is 4.79 Å². The monoisotopic (exact) mass is 498 g/mol. The number of carbonyl (C=O) groups is 1. The van der Waals surface area contributed by atoms with Crippen molar-refractivity contribution in [1.82, 2.24) is 20.4 Å². The third kappa shape index (κ3) is 6.07. The molecule has 2 aliphatic rings. The van der Waals surface area contributed by atoms with Crippen molar-refractivity contribution in [2.75, 3.05) is 44.2 Å². The molecule has 8 nitrogen and oxygen atoms in total. The first kappa shape index (κ1) is 24.7. The number of fused-ring (bicyclic) bond motifs is 1. The summed E-state index contributed by atoms with van der Waals surface area (Å²) in [6.45, 7) is 8.32. The highest BCUT2D eigenvalue weighted by atomic mass is 16.6. The van der Waals surface area contributed by atoms with E-state index >= 15 is 0 Å². The van der Waals surface area contributed by atoms with Crippen LogP contribution in [0.3, 0.4) is 0 Å². The number of dihydropyridines is 1. The number of nitrogens with zero attached hydrogens (tertiary/aromatic N) is 5. The van der Waals surface area contributed by atoms with E-state index < -0.39 is 0 Å². The molecule has 1 atom stereocenters. The van der Waals surface area contributed by atoms with E-state index in [9.17, 15) is 4.79 Å². The molecule has 0 radical (unpaired) electrons. The molecule has 192 valence electrons. The number of rotatable bonds is 6. The molecule has 1 amide bonds. The Hall–Kier alpha value is -3.94. The average molecular weight is 499 g/mol. The highest BCUT2D eigenvalue weighted by molar-refractivity contribution is 5.95. The molecule has 1 fully saturated rings. The first-order valence-electron chi connectivity index (χ1n) is 13.0. The summed E-state index contributed by atoms with van der Waals surface area (Å²) in [5, 5.41) is 14.5. The van der Waals surface area contributed by atoms with Gasteiger partial charge in [0.15, 0.2) is 5.82 Å². The predicted molar refractivity (Wildman–Crippen MR) is 147 cm³/mol. The molecule has 2 aromatic carbocycles. The molecule has 3 heterocycles. The molecule has 8 heteroatoms. The predicted octanol–water partition coefficient (Wildman–Crippen LogP) is 4.06. The van der Waals surface area contributed by atoms with E-state index in [1.165, 1.54) is 5.56 Å². The zero-order valence-electron chi connectivity index (χ0n) is 21.5. The van der Waals surface area contributed by atoms with E-state index in [-0.39, 0.29) is 18.1 Å². The zero-order chi connectivity index (χ0) is 25.6. The summed E-state index contributed by atoms with van der Waals surface area (Å²) in [4.78, 5) is 21.2. The lowest BCUT2D eigenvalue weighted by atomic mass is 10.0. The Morgan fingerprint density at radius 2 is 1.68 bits per heavy atom. The zero-order valence-corrected chi connectivity index (χ0v) is 21.5. The first-order chi connectivity index (χ1) is 18.1. The largest absolute Gasteiger partial charge is 0.447 e. The number of ether oxygens (including phenoxy) is 1. The Morgan fingerprint density at radius 1 is 0.973 bits per heavy atom. The maximum atomic E-state index is 11.7. The van der Waals surface area contributed by atoms with E-state index in [0.717, 1.165) is 60.7 Å². The van der Waals surface area contributed by atoms with Gasteiger partial charge in [-0.2, -0.15) is 5.10 Å². The van der Waals surface area contributed by atoms with Gasteiger partial charge in [0.2, 0.25) is 0 Å². The van der Waals surface area contributed by atoms with E-state index in [0.29, 0.717) is 13.1 Å². The number of carbonyl (C=O) groups excluding carboxylic acids is 1. The Labute approximate surface area is 218 Å². The van der Waals surface area contributed by atoms with Crippen LogP contribution in [-0.2, 0) is 11.2 Å². The summed E-state index contributed by atoms with van der Waals surface area (Å²) in [6, 6.07) is 18.9. The normalized spacial score (nSPS) is 17.7. The van der Waals surface area contributed by atoms with E-state index in [1.807, 2.05) is 19.9 Å². The van der Waals surface area contributed by atoms with Crippen LogP contribution in [0.4, 0.5) is 10.6 Å². The fourth-order valence-corrected chi connectivity index (χ4v) is 4.80. The van der Waals surface area contributed by atoms with Gasteiger partial charge in [0, 0.05) is 62.4 Å². The molecule has 2 aliphatic heterocycles. The SMILES string of the molecule is CC(C)OC(=O)NCC1C=CC(N2CCN(c3nnc(Cc4ccccc4)c4ccccc34)CC2)=NC1. The quantitative estimate of drug-likeness (QED) is 0.552. The lowest BCUT2D eigenvalue weighted by molar-refractivity contribution is 0.115. The Balaban J connectivity index is 1.19. The van der Waals surface area contributed by atoms with Crippen LogP contribution < -0.4 is 10.2 Å². The number of amidine groups is 1.